The minimum absolute atomic E-state index is 0.0843. The molecule has 29 heavy (non-hydrogen) atoms. The second kappa shape index (κ2) is 10.4. The first-order chi connectivity index (χ1) is 14.1. The van der Waals surface area contributed by atoms with Crippen LogP contribution in [-0.2, 0) is 22.6 Å². The molecular weight excluding hydrogens is 370 g/mol. The Hall–Kier alpha value is -3.13. The zero-order valence-corrected chi connectivity index (χ0v) is 16.6. The van der Waals surface area contributed by atoms with E-state index in [2.05, 4.69) is 25.8 Å². The Morgan fingerprint density at radius 3 is 2.34 bits per heavy atom. The summed E-state index contributed by atoms with van der Waals surface area (Å²) in [6, 6.07) is 11.4. The third-order valence-corrected chi connectivity index (χ3v) is 4.62. The van der Waals surface area contributed by atoms with Crippen LogP contribution in [0.4, 0.5) is 10.6 Å². The Balaban J connectivity index is 1.34. The number of aryl methyl sites for hydroxylation is 1. The summed E-state index contributed by atoms with van der Waals surface area (Å²) in [4.78, 5) is 30.4. The van der Waals surface area contributed by atoms with Crippen LogP contribution >= 0.6 is 0 Å². The molecule has 0 unspecified atom stereocenters. The van der Waals surface area contributed by atoms with E-state index in [-0.39, 0.29) is 18.5 Å². The van der Waals surface area contributed by atoms with Gasteiger partial charge in [-0.3, -0.25) is 4.79 Å². The molecule has 0 radical (unpaired) electrons. The maximum absolute atomic E-state index is 12.0. The summed E-state index contributed by atoms with van der Waals surface area (Å²) in [5.74, 6) is 0.656. The zero-order chi connectivity index (χ0) is 20.5. The van der Waals surface area contributed by atoms with Gasteiger partial charge in [-0.2, -0.15) is 0 Å². The third kappa shape index (κ3) is 6.76. The largest absolute Gasteiger partial charge is 0.378 e. The Bertz CT molecular complexity index is 802. The molecule has 3 amide bonds. The lowest BCUT2D eigenvalue weighted by atomic mass is 10.1. The molecule has 8 nitrogen and oxygen atoms in total. The number of anilines is 1. The molecule has 3 rings (SSSR count). The Labute approximate surface area is 170 Å². The monoisotopic (exact) mass is 397 g/mol. The quantitative estimate of drug-likeness (QED) is 0.655. The maximum atomic E-state index is 12.0. The predicted octanol–water partition coefficient (Wildman–Crippen LogP) is 1.34. The predicted molar refractivity (Wildman–Crippen MR) is 111 cm³/mol. The smallest absolute Gasteiger partial charge is 0.315 e. The Kier molecular flexibility index (Phi) is 7.40. The van der Waals surface area contributed by atoms with Crippen LogP contribution in [0.25, 0.3) is 0 Å². The molecule has 1 aromatic heterocycles. The van der Waals surface area contributed by atoms with Gasteiger partial charge in [0.05, 0.1) is 19.8 Å². The molecule has 0 bridgehead atoms. The molecular formula is C21H27N5O3. The number of pyridine rings is 1. The molecule has 154 valence electrons. The second-order valence-electron chi connectivity index (χ2n) is 6.92. The van der Waals surface area contributed by atoms with E-state index in [1.165, 1.54) is 5.56 Å². The number of morpholine rings is 1. The van der Waals surface area contributed by atoms with Crippen LogP contribution < -0.4 is 20.9 Å². The summed E-state index contributed by atoms with van der Waals surface area (Å²) in [5.41, 5.74) is 3.07. The lowest BCUT2D eigenvalue weighted by Crippen LogP contribution is -2.41. The second-order valence-corrected chi connectivity index (χ2v) is 6.92. The average Bonchev–Trinajstić information content (AvgIpc) is 2.77. The molecule has 1 aliphatic heterocycles. The van der Waals surface area contributed by atoms with Crippen molar-refractivity contribution >= 4 is 17.8 Å². The van der Waals surface area contributed by atoms with Crippen LogP contribution in [0.1, 0.15) is 16.7 Å². The summed E-state index contributed by atoms with van der Waals surface area (Å²) in [6.07, 6.45) is 1.76. The number of aromatic nitrogens is 1. The van der Waals surface area contributed by atoms with Crippen molar-refractivity contribution < 1.29 is 14.3 Å². The molecule has 2 heterocycles. The van der Waals surface area contributed by atoms with E-state index in [4.69, 9.17) is 4.74 Å². The molecule has 0 aliphatic carbocycles. The highest BCUT2D eigenvalue weighted by Crippen LogP contribution is 2.12. The van der Waals surface area contributed by atoms with Crippen LogP contribution in [0.15, 0.2) is 42.6 Å². The van der Waals surface area contributed by atoms with E-state index in [0.717, 1.165) is 30.0 Å². The van der Waals surface area contributed by atoms with Gasteiger partial charge in [0.2, 0.25) is 5.91 Å². The minimum Gasteiger partial charge on any atom is -0.378 e. The fraction of sp³-hybridized carbons (Fsp3) is 0.381. The normalized spacial score (nSPS) is 13.6. The number of ether oxygens (including phenoxy) is 1. The van der Waals surface area contributed by atoms with Crippen LogP contribution in [0.5, 0.6) is 0 Å². The Morgan fingerprint density at radius 1 is 0.966 bits per heavy atom. The lowest BCUT2D eigenvalue weighted by Gasteiger charge is -2.27. The van der Waals surface area contributed by atoms with Crippen molar-refractivity contribution in [1.29, 1.82) is 0 Å². The number of hydrogen-bond acceptors (Lipinski definition) is 5. The molecule has 1 aromatic carbocycles. The van der Waals surface area contributed by atoms with Gasteiger partial charge in [-0.15, -0.1) is 0 Å². The van der Waals surface area contributed by atoms with Crippen LogP contribution in [-0.4, -0.2) is 49.8 Å². The van der Waals surface area contributed by atoms with Crippen molar-refractivity contribution in [3.8, 4) is 0 Å². The topological polar surface area (TPSA) is 95.6 Å². The van der Waals surface area contributed by atoms with Crippen LogP contribution in [0.3, 0.4) is 0 Å². The van der Waals surface area contributed by atoms with E-state index in [1.807, 2.05) is 43.3 Å². The van der Waals surface area contributed by atoms with E-state index in [1.54, 1.807) is 6.20 Å². The van der Waals surface area contributed by atoms with E-state index < -0.39 is 0 Å². The fourth-order valence-electron chi connectivity index (χ4n) is 2.88. The highest BCUT2D eigenvalue weighted by atomic mass is 16.5. The van der Waals surface area contributed by atoms with Crippen LogP contribution in [0, 0.1) is 6.92 Å². The highest BCUT2D eigenvalue weighted by Gasteiger charge is 2.12. The van der Waals surface area contributed by atoms with Gasteiger partial charge in [0.1, 0.15) is 5.82 Å². The SMILES string of the molecule is Cc1ccc(CNC(=O)NCC(=O)NCc2ccc(N3CCOCC3)nc2)cc1. The van der Waals surface area contributed by atoms with Crippen molar-refractivity contribution in [2.75, 3.05) is 37.7 Å². The zero-order valence-electron chi connectivity index (χ0n) is 16.6. The van der Waals surface area contributed by atoms with Gasteiger partial charge < -0.3 is 25.6 Å². The van der Waals surface area contributed by atoms with Crippen molar-refractivity contribution in [2.24, 2.45) is 0 Å². The molecule has 1 aliphatic rings. The summed E-state index contributed by atoms with van der Waals surface area (Å²) in [7, 11) is 0. The fourth-order valence-corrected chi connectivity index (χ4v) is 2.88. The van der Waals surface area contributed by atoms with Crippen molar-refractivity contribution in [3.63, 3.8) is 0 Å². The summed E-state index contributed by atoms with van der Waals surface area (Å²) in [5, 5.41) is 8.07. The number of urea groups is 1. The molecule has 0 saturated carbocycles. The number of rotatable bonds is 7. The molecule has 1 fully saturated rings. The molecule has 8 heteroatoms. The summed E-state index contributed by atoms with van der Waals surface area (Å²) >= 11 is 0. The number of nitrogens with zero attached hydrogens (tertiary/aromatic N) is 2. The number of benzene rings is 1. The highest BCUT2D eigenvalue weighted by molar-refractivity contribution is 5.83. The Morgan fingerprint density at radius 2 is 1.66 bits per heavy atom. The number of carbonyl (C=O) groups is 2. The summed E-state index contributed by atoms with van der Waals surface area (Å²) in [6.45, 7) is 5.80. The van der Waals surface area contributed by atoms with E-state index in [0.29, 0.717) is 26.3 Å². The van der Waals surface area contributed by atoms with Gasteiger partial charge in [-0.25, -0.2) is 9.78 Å². The first-order valence-electron chi connectivity index (χ1n) is 9.72. The lowest BCUT2D eigenvalue weighted by molar-refractivity contribution is -0.120. The van der Waals surface area contributed by atoms with E-state index >= 15 is 0 Å². The number of amides is 3. The molecule has 2 aromatic rings. The molecule has 0 spiro atoms. The third-order valence-electron chi connectivity index (χ3n) is 4.62. The first-order valence-corrected chi connectivity index (χ1v) is 9.72. The number of hydrogen-bond donors (Lipinski definition) is 3. The van der Waals surface area contributed by atoms with Gasteiger partial charge in [-0.05, 0) is 24.1 Å². The molecule has 3 N–H and O–H groups in total. The number of carbonyl (C=O) groups excluding carboxylic acids is 2. The molecule has 0 atom stereocenters. The van der Waals surface area contributed by atoms with Gasteiger partial charge in [0.15, 0.2) is 0 Å². The van der Waals surface area contributed by atoms with Crippen molar-refractivity contribution in [2.45, 2.75) is 20.0 Å². The van der Waals surface area contributed by atoms with Gasteiger partial charge >= 0.3 is 6.03 Å². The standard InChI is InChI=1S/C21H27N5O3/c1-16-2-4-17(5-3-16)12-24-21(28)25-15-20(27)23-14-18-6-7-19(22-13-18)26-8-10-29-11-9-26/h2-7,13H,8-12,14-15H2,1H3,(H,23,27)(H2,24,25,28). The maximum Gasteiger partial charge on any atom is 0.315 e. The van der Waals surface area contributed by atoms with Crippen LogP contribution in [0.2, 0.25) is 0 Å². The minimum atomic E-state index is -0.378. The van der Waals surface area contributed by atoms with Crippen molar-refractivity contribution in [1.82, 2.24) is 20.9 Å². The number of nitrogens with one attached hydrogen (secondary N) is 3. The van der Waals surface area contributed by atoms with Gasteiger partial charge in [-0.1, -0.05) is 35.9 Å². The first kappa shape index (κ1) is 20.6. The van der Waals surface area contributed by atoms with Gasteiger partial charge in [0.25, 0.3) is 0 Å². The van der Waals surface area contributed by atoms with E-state index in [9.17, 15) is 9.59 Å². The van der Waals surface area contributed by atoms with Crippen molar-refractivity contribution in [3.05, 3.63) is 59.3 Å². The average molecular weight is 397 g/mol. The molecule has 1 saturated heterocycles. The summed E-state index contributed by atoms with van der Waals surface area (Å²) < 4.78 is 5.34. The van der Waals surface area contributed by atoms with Gasteiger partial charge in [0, 0.05) is 32.4 Å².